The second-order valence-electron chi connectivity index (χ2n) is 8.39. The number of hydrogen-bond donors (Lipinski definition) is 3. The van der Waals surface area contributed by atoms with E-state index < -0.39 is 6.04 Å². The predicted molar refractivity (Wildman–Crippen MR) is 97.6 cm³/mol. The van der Waals surface area contributed by atoms with Crippen molar-refractivity contribution in [3.8, 4) is 0 Å². The zero-order valence-electron chi connectivity index (χ0n) is 15.2. The molecule has 3 atom stereocenters. The molecule has 0 bridgehead atoms. The first-order valence-corrected chi connectivity index (χ1v) is 9.74. The minimum atomic E-state index is -0.551. The van der Waals surface area contributed by atoms with Gasteiger partial charge in [-0.25, -0.2) is 0 Å². The van der Waals surface area contributed by atoms with Crippen LogP contribution in [0.15, 0.2) is 18.2 Å². The van der Waals surface area contributed by atoms with E-state index in [1.807, 2.05) is 12.1 Å². The number of imide groups is 1. The number of carbonyl (C=O) groups is 3. The second-order valence-corrected chi connectivity index (χ2v) is 8.39. The third-order valence-corrected chi connectivity index (χ3v) is 6.62. The molecule has 0 radical (unpaired) electrons. The predicted octanol–water partition coefficient (Wildman–Crippen LogP) is 0.147. The molecule has 3 fully saturated rings. The number of nitrogens with one attached hydrogen (secondary N) is 3. The van der Waals surface area contributed by atoms with Gasteiger partial charge in [0.2, 0.25) is 11.8 Å². The summed E-state index contributed by atoms with van der Waals surface area (Å²) in [6.07, 6.45) is 2.01. The third kappa shape index (κ3) is 2.85. The van der Waals surface area contributed by atoms with Crippen LogP contribution in [0.4, 0.5) is 0 Å². The van der Waals surface area contributed by atoms with Gasteiger partial charge < -0.3 is 15.5 Å². The molecule has 1 aromatic carbocycles. The van der Waals surface area contributed by atoms with E-state index in [0.29, 0.717) is 23.9 Å². The van der Waals surface area contributed by atoms with Crippen LogP contribution >= 0.6 is 0 Å². The zero-order valence-corrected chi connectivity index (χ0v) is 15.2. The Morgan fingerprint density at radius 1 is 1.26 bits per heavy atom. The van der Waals surface area contributed by atoms with E-state index >= 15 is 0 Å². The molecule has 0 aromatic heterocycles. The second kappa shape index (κ2) is 6.14. The van der Waals surface area contributed by atoms with E-state index in [1.165, 1.54) is 6.42 Å². The smallest absolute Gasteiger partial charge is 0.255 e. The summed E-state index contributed by atoms with van der Waals surface area (Å²) < 4.78 is 0. The number of piperidine rings is 2. The molecule has 1 aromatic rings. The number of nitrogens with zero attached hydrogens (tertiary/aromatic N) is 1. The standard InChI is InChI=1S/C20H24N4O3/c25-17-4-3-16(18(26)23-17)24-9-13-5-12(1-2-15(13)19(24)27)7-21-10-20-6-14(20)8-22-11-20/h1-2,5,14,16,21-22H,3-4,6-11H2,(H,23,25,26). The quantitative estimate of drug-likeness (QED) is 0.644. The summed E-state index contributed by atoms with van der Waals surface area (Å²) >= 11 is 0. The molecule has 1 aliphatic carbocycles. The topological polar surface area (TPSA) is 90.5 Å². The molecule has 27 heavy (non-hydrogen) atoms. The average Bonchev–Trinajstić information content (AvgIpc) is 3.01. The first-order valence-electron chi connectivity index (χ1n) is 9.74. The number of hydrogen-bond acceptors (Lipinski definition) is 5. The van der Waals surface area contributed by atoms with Gasteiger partial charge in [0.25, 0.3) is 5.91 Å². The Bertz CT molecular complexity index is 839. The highest BCUT2D eigenvalue weighted by molar-refractivity contribution is 6.05. The van der Waals surface area contributed by atoms with Gasteiger partial charge in [-0.15, -0.1) is 0 Å². The van der Waals surface area contributed by atoms with Crippen molar-refractivity contribution in [2.24, 2.45) is 11.3 Å². The van der Waals surface area contributed by atoms with E-state index in [0.717, 1.165) is 43.2 Å². The molecule has 3 N–H and O–H groups in total. The van der Waals surface area contributed by atoms with Gasteiger partial charge in [0.15, 0.2) is 0 Å². The van der Waals surface area contributed by atoms with E-state index in [-0.39, 0.29) is 24.1 Å². The fourth-order valence-electron chi connectivity index (χ4n) is 4.90. The normalized spacial score (nSPS) is 31.7. The lowest BCUT2D eigenvalue weighted by Gasteiger charge is -2.29. The van der Waals surface area contributed by atoms with Gasteiger partial charge in [-0.05, 0) is 47.9 Å². The SMILES string of the molecule is O=C1CCC(N2Cc3cc(CNCC45CNCC4C5)ccc3C2=O)C(=O)N1. The summed E-state index contributed by atoms with van der Waals surface area (Å²) in [7, 11) is 0. The molecular formula is C20H24N4O3. The molecule has 5 rings (SSSR count). The number of rotatable bonds is 5. The van der Waals surface area contributed by atoms with Gasteiger partial charge in [0, 0.05) is 38.2 Å². The lowest BCUT2D eigenvalue weighted by atomic mass is 10.0. The van der Waals surface area contributed by atoms with Crippen LogP contribution in [-0.4, -0.2) is 48.3 Å². The van der Waals surface area contributed by atoms with Gasteiger partial charge in [-0.1, -0.05) is 12.1 Å². The molecule has 7 nitrogen and oxygen atoms in total. The lowest BCUT2D eigenvalue weighted by molar-refractivity contribution is -0.136. The van der Waals surface area contributed by atoms with E-state index in [4.69, 9.17) is 0 Å². The lowest BCUT2D eigenvalue weighted by Crippen LogP contribution is -2.52. The maximum atomic E-state index is 12.7. The Morgan fingerprint density at radius 2 is 2.15 bits per heavy atom. The van der Waals surface area contributed by atoms with Crippen molar-refractivity contribution < 1.29 is 14.4 Å². The summed E-state index contributed by atoms with van der Waals surface area (Å²) in [5.74, 6) is 0.0989. The van der Waals surface area contributed by atoms with Gasteiger partial charge in [0.05, 0.1) is 0 Å². The Morgan fingerprint density at radius 3 is 2.89 bits per heavy atom. The van der Waals surface area contributed by atoms with Crippen molar-refractivity contribution in [2.75, 3.05) is 19.6 Å². The third-order valence-electron chi connectivity index (χ3n) is 6.62. The van der Waals surface area contributed by atoms with Gasteiger partial charge in [-0.3, -0.25) is 19.7 Å². The van der Waals surface area contributed by atoms with Crippen LogP contribution in [-0.2, 0) is 22.7 Å². The van der Waals surface area contributed by atoms with Gasteiger partial charge >= 0.3 is 0 Å². The van der Waals surface area contributed by atoms with Gasteiger partial charge in [0.1, 0.15) is 6.04 Å². The van der Waals surface area contributed by atoms with E-state index in [2.05, 4.69) is 22.0 Å². The molecule has 2 saturated heterocycles. The molecule has 3 aliphatic heterocycles. The average molecular weight is 368 g/mol. The maximum Gasteiger partial charge on any atom is 0.255 e. The largest absolute Gasteiger partial charge is 0.322 e. The van der Waals surface area contributed by atoms with Crippen LogP contribution in [0.2, 0.25) is 0 Å². The Kier molecular flexibility index (Phi) is 3.84. The fourth-order valence-corrected chi connectivity index (χ4v) is 4.90. The van der Waals surface area contributed by atoms with Crippen LogP contribution < -0.4 is 16.0 Å². The molecule has 4 aliphatic rings. The first-order chi connectivity index (χ1) is 13.1. The minimum Gasteiger partial charge on any atom is -0.322 e. The molecular weight excluding hydrogens is 344 g/mol. The molecule has 142 valence electrons. The highest BCUT2D eigenvalue weighted by atomic mass is 16.2. The highest BCUT2D eigenvalue weighted by Crippen LogP contribution is 2.54. The Balaban J connectivity index is 1.23. The molecule has 1 saturated carbocycles. The van der Waals surface area contributed by atoms with Crippen molar-refractivity contribution in [2.45, 2.75) is 38.4 Å². The maximum absolute atomic E-state index is 12.7. The van der Waals surface area contributed by atoms with Crippen LogP contribution in [0.25, 0.3) is 0 Å². The molecule has 3 amide bonds. The molecule has 3 heterocycles. The van der Waals surface area contributed by atoms with Crippen LogP contribution in [0.3, 0.4) is 0 Å². The van der Waals surface area contributed by atoms with Gasteiger partial charge in [-0.2, -0.15) is 0 Å². The Labute approximate surface area is 157 Å². The van der Waals surface area contributed by atoms with Crippen molar-refractivity contribution in [3.63, 3.8) is 0 Å². The first kappa shape index (κ1) is 16.9. The minimum absolute atomic E-state index is 0.115. The highest BCUT2D eigenvalue weighted by Gasteiger charge is 2.56. The van der Waals surface area contributed by atoms with E-state index in [1.54, 1.807) is 4.90 Å². The van der Waals surface area contributed by atoms with Crippen molar-refractivity contribution in [1.82, 2.24) is 20.9 Å². The van der Waals surface area contributed by atoms with Crippen LogP contribution in [0.5, 0.6) is 0 Å². The molecule has 0 spiro atoms. The summed E-state index contributed by atoms with van der Waals surface area (Å²) in [5, 5.41) is 9.37. The van der Waals surface area contributed by atoms with Crippen molar-refractivity contribution in [3.05, 3.63) is 34.9 Å². The van der Waals surface area contributed by atoms with Crippen molar-refractivity contribution >= 4 is 17.7 Å². The monoisotopic (exact) mass is 368 g/mol. The summed E-state index contributed by atoms with van der Waals surface area (Å²) in [5.41, 5.74) is 3.26. The van der Waals surface area contributed by atoms with Crippen molar-refractivity contribution in [1.29, 1.82) is 0 Å². The zero-order chi connectivity index (χ0) is 18.6. The molecule has 3 unspecified atom stereocenters. The Hall–Kier alpha value is -2.25. The van der Waals surface area contributed by atoms with Crippen LogP contribution in [0.1, 0.15) is 40.7 Å². The number of benzene rings is 1. The number of carbonyl (C=O) groups excluding carboxylic acids is 3. The summed E-state index contributed by atoms with van der Waals surface area (Å²) in [4.78, 5) is 37.8. The summed E-state index contributed by atoms with van der Waals surface area (Å²) in [6, 6.07) is 5.38. The summed E-state index contributed by atoms with van der Waals surface area (Å²) in [6.45, 7) is 4.52. The van der Waals surface area contributed by atoms with E-state index in [9.17, 15) is 14.4 Å². The fraction of sp³-hybridized carbons (Fsp3) is 0.550. The number of fused-ring (bicyclic) bond motifs is 2. The number of amides is 3. The molecule has 7 heteroatoms. The van der Waals surface area contributed by atoms with Crippen LogP contribution in [0, 0.1) is 11.3 Å².